The lowest BCUT2D eigenvalue weighted by molar-refractivity contribution is -0.179. The van der Waals surface area contributed by atoms with Crippen molar-refractivity contribution in [3.8, 4) is 5.75 Å². The van der Waals surface area contributed by atoms with Gasteiger partial charge in [0, 0.05) is 0 Å². The fourth-order valence-electron chi connectivity index (χ4n) is 9.79. The van der Waals surface area contributed by atoms with Crippen LogP contribution in [0.4, 0.5) is 0 Å². The third kappa shape index (κ3) is 2.09. The van der Waals surface area contributed by atoms with E-state index in [-0.39, 0.29) is 0 Å². The number of hydrogen-bond donors (Lipinski definition) is 1. The molecule has 2 heteroatoms. The molecule has 0 heterocycles. The fourth-order valence-corrected chi connectivity index (χ4v) is 9.79. The molecule has 2 nitrogen and oxygen atoms in total. The Bertz CT molecular complexity index is 781. The molecule has 0 aliphatic heterocycles. The summed E-state index contributed by atoms with van der Waals surface area (Å²) in [5, 5.41) is 12.2. The highest BCUT2D eigenvalue weighted by molar-refractivity contribution is 5.42. The first kappa shape index (κ1) is 16.7. The van der Waals surface area contributed by atoms with Crippen LogP contribution >= 0.6 is 0 Å². The predicted octanol–water partition coefficient (Wildman–Crippen LogP) is 5.49. The highest BCUT2D eigenvalue weighted by Gasteiger charge is 2.58. The van der Waals surface area contributed by atoms with Gasteiger partial charge in [0.15, 0.2) is 0 Å². The molecular weight excluding hydrogens is 344 g/mol. The Morgan fingerprint density at radius 2 is 1.46 bits per heavy atom. The lowest BCUT2D eigenvalue weighted by Crippen LogP contribution is -2.55. The van der Waals surface area contributed by atoms with Crippen LogP contribution in [0, 0.1) is 47.3 Å². The standard InChI is InChI=1S/C26H34O2/c1-28-23-12-19(25-18-4-16-3-17(10-18)24(25)9-16)11-22(13-23)26(27)20-5-14-2-15(7-20)8-21(26)6-14/h11-18,20-21,24-25,27H,2-10H2,1H3. The molecule has 0 radical (unpaired) electrons. The smallest absolute Gasteiger partial charge is 0.119 e. The van der Waals surface area contributed by atoms with Crippen molar-refractivity contribution in [2.24, 2.45) is 47.3 Å². The molecule has 1 aromatic rings. The maximum Gasteiger partial charge on any atom is 0.119 e. The Morgan fingerprint density at radius 1 is 0.786 bits per heavy atom. The number of ether oxygens (including phenoxy) is 1. The van der Waals surface area contributed by atoms with Gasteiger partial charge in [-0.3, -0.25) is 0 Å². The van der Waals surface area contributed by atoms with Gasteiger partial charge in [-0.15, -0.1) is 0 Å². The summed E-state index contributed by atoms with van der Waals surface area (Å²) < 4.78 is 5.79. The van der Waals surface area contributed by atoms with Crippen molar-refractivity contribution in [2.75, 3.05) is 7.11 Å². The van der Waals surface area contributed by atoms with E-state index in [1.807, 2.05) is 0 Å². The van der Waals surface area contributed by atoms with Crippen LogP contribution in [0.25, 0.3) is 0 Å². The zero-order valence-electron chi connectivity index (χ0n) is 17.1. The largest absolute Gasteiger partial charge is 0.497 e. The van der Waals surface area contributed by atoms with Crippen molar-refractivity contribution in [2.45, 2.75) is 69.3 Å². The van der Waals surface area contributed by atoms with E-state index in [4.69, 9.17) is 4.74 Å². The average Bonchev–Trinajstić information content (AvgIpc) is 3.11. The minimum absolute atomic E-state index is 0.472. The average molecular weight is 379 g/mol. The molecule has 8 saturated carbocycles. The van der Waals surface area contributed by atoms with Crippen LogP contribution in [-0.2, 0) is 5.60 Å². The summed E-state index contributed by atoms with van der Waals surface area (Å²) in [5.41, 5.74) is 2.09. The van der Waals surface area contributed by atoms with Crippen molar-refractivity contribution in [3.63, 3.8) is 0 Å². The molecule has 8 fully saturated rings. The van der Waals surface area contributed by atoms with Crippen molar-refractivity contribution in [3.05, 3.63) is 29.3 Å². The molecule has 5 unspecified atom stereocenters. The molecule has 8 aliphatic carbocycles. The number of methoxy groups -OCH3 is 1. The SMILES string of the molecule is COc1cc(C2C3CC4CC(C3)C2C4)cc(C2(O)C3CC4CC(C3)CC2C4)c1. The van der Waals surface area contributed by atoms with Gasteiger partial charge in [-0.05, 0) is 134 Å². The van der Waals surface area contributed by atoms with Gasteiger partial charge in [-0.1, -0.05) is 6.07 Å². The third-order valence-corrected chi connectivity index (χ3v) is 10.5. The van der Waals surface area contributed by atoms with E-state index in [0.29, 0.717) is 11.8 Å². The van der Waals surface area contributed by atoms with Crippen LogP contribution in [0.1, 0.15) is 74.8 Å². The molecule has 0 aromatic heterocycles. The molecule has 1 aromatic carbocycles. The summed E-state index contributed by atoms with van der Waals surface area (Å²) >= 11 is 0. The van der Waals surface area contributed by atoms with Gasteiger partial charge < -0.3 is 9.84 Å². The first-order chi connectivity index (χ1) is 13.6. The predicted molar refractivity (Wildman–Crippen MR) is 109 cm³/mol. The lowest BCUT2D eigenvalue weighted by Gasteiger charge is -2.59. The molecule has 0 spiro atoms. The van der Waals surface area contributed by atoms with Crippen molar-refractivity contribution < 1.29 is 9.84 Å². The molecule has 0 saturated heterocycles. The van der Waals surface area contributed by atoms with Crippen molar-refractivity contribution in [1.82, 2.24) is 0 Å². The summed E-state index contributed by atoms with van der Waals surface area (Å²) in [6.45, 7) is 0. The minimum Gasteiger partial charge on any atom is -0.497 e. The van der Waals surface area contributed by atoms with Crippen LogP contribution in [0.15, 0.2) is 18.2 Å². The molecular formula is C26H34O2. The monoisotopic (exact) mass is 378 g/mol. The first-order valence-corrected chi connectivity index (χ1v) is 12.0. The number of aliphatic hydroxyl groups is 1. The van der Waals surface area contributed by atoms with Gasteiger partial charge in [0.1, 0.15) is 5.75 Å². The second-order valence-electron chi connectivity index (χ2n) is 11.6. The number of benzene rings is 1. The van der Waals surface area contributed by atoms with Gasteiger partial charge in [0.05, 0.1) is 12.7 Å². The number of rotatable bonds is 3. The van der Waals surface area contributed by atoms with E-state index in [2.05, 4.69) is 18.2 Å². The highest BCUT2D eigenvalue weighted by atomic mass is 16.5. The Kier molecular flexibility index (Phi) is 3.33. The quantitative estimate of drug-likeness (QED) is 0.754. The summed E-state index contributed by atoms with van der Waals surface area (Å²) in [6.07, 6.45) is 12.3. The molecule has 150 valence electrons. The Hall–Kier alpha value is -1.02. The van der Waals surface area contributed by atoms with Gasteiger partial charge >= 0.3 is 0 Å². The summed E-state index contributed by atoms with van der Waals surface area (Å²) in [6, 6.07) is 6.96. The van der Waals surface area contributed by atoms with Crippen molar-refractivity contribution in [1.29, 1.82) is 0 Å². The van der Waals surface area contributed by atoms with E-state index in [0.717, 1.165) is 47.2 Å². The first-order valence-electron chi connectivity index (χ1n) is 12.0. The maximum absolute atomic E-state index is 12.2. The molecule has 0 amide bonds. The topological polar surface area (TPSA) is 29.5 Å². The van der Waals surface area contributed by atoms with Gasteiger partial charge in [-0.25, -0.2) is 0 Å². The fraction of sp³-hybridized carbons (Fsp3) is 0.769. The van der Waals surface area contributed by atoms with Gasteiger partial charge in [0.2, 0.25) is 0 Å². The van der Waals surface area contributed by atoms with E-state index < -0.39 is 5.60 Å². The summed E-state index contributed by atoms with van der Waals surface area (Å²) in [7, 11) is 1.80. The van der Waals surface area contributed by atoms with E-state index >= 15 is 0 Å². The number of hydrogen-bond acceptors (Lipinski definition) is 2. The normalized spacial score (nSPS) is 52.6. The van der Waals surface area contributed by atoms with Crippen LogP contribution in [-0.4, -0.2) is 12.2 Å². The second kappa shape index (κ2) is 5.56. The Balaban J connectivity index is 1.31. The van der Waals surface area contributed by atoms with E-state index in [9.17, 15) is 5.11 Å². The van der Waals surface area contributed by atoms with E-state index in [1.165, 1.54) is 68.9 Å². The Labute approximate surface area is 169 Å². The van der Waals surface area contributed by atoms with Crippen LogP contribution in [0.2, 0.25) is 0 Å². The molecule has 28 heavy (non-hydrogen) atoms. The lowest BCUT2D eigenvalue weighted by atomic mass is 9.48. The minimum atomic E-state index is -0.605. The zero-order valence-corrected chi connectivity index (χ0v) is 17.1. The third-order valence-electron chi connectivity index (χ3n) is 10.5. The van der Waals surface area contributed by atoms with E-state index in [1.54, 1.807) is 7.11 Å². The maximum atomic E-state index is 12.2. The molecule has 8 bridgehead atoms. The second-order valence-corrected chi connectivity index (χ2v) is 11.6. The molecule has 8 aliphatic rings. The molecule has 1 N–H and O–H groups in total. The van der Waals surface area contributed by atoms with Gasteiger partial charge in [-0.2, -0.15) is 0 Å². The Morgan fingerprint density at radius 3 is 2.14 bits per heavy atom. The zero-order chi connectivity index (χ0) is 18.6. The summed E-state index contributed by atoms with van der Waals surface area (Å²) in [5.74, 6) is 8.19. The van der Waals surface area contributed by atoms with Crippen LogP contribution in [0.3, 0.4) is 0 Å². The summed E-state index contributed by atoms with van der Waals surface area (Å²) in [4.78, 5) is 0. The van der Waals surface area contributed by atoms with Gasteiger partial charge in [0.25, 0.3) is 0 Å². The molecule has 5 atom stereocenters. The van der Waals surface area contributed by atoms with Crippen molar-refractivity contribution >= 4 is 0 Å². The highest BCUT2D eigenvalue weighted by Crippen LogP contribution is 2.65. The molecule has 9 rings (SSSR count). The van der Waals surface area contributed by atoms with Crippen LogP contribution in [0.5, 0.6) is 5.75 Å². The van der Waals surface area contributed by atoms with Crippen LogP contribution < -0.4 is 4.74 Å².